The van der Waals surface area contributed by atoms with Gasteiger partial charge < -0.3 is 14.3 Å². The first kappa shape index (κ1) is 32.0. The number of fused-ring (bicyclic) bond motifs is 6. The highest BCUT2D eigenvalue weighted by Gasteiger charge is 2.25. The Morgan fingerprint density at radius 2 is 1.11 bits per heavy atom. The van der Waals surface area contributed by atoms with Crippen LogP contribution in [0.5, 0.6) is 0 Å². The molecule has 1 aliphatic heterocycles. The van der Waals surface area contributed by atoms with Crippen LogP contribution in [0, 0.1) is 0 Å². The molecule has 0 amide bonds. The number of aliphatic imine (C=N–C) groups is 2. The largest absolute Gasteiger partial charge is 0.454 e. The maximum atomic E-state index is 6.90. The zero-order valence-corrected chi connectivity index (χ0v) is 30.3. The van der Waals surface area contributed by atoms with E-state index >= 15 is 0 Å². The number of benzene rings is 8. The van der Waals surface area contributed by atoms with Crippen LogP contribution in [0.15, 0.2) is 209 Å². The fourth-order valence-corrected chi connectivity index (χ4v) is 8.33. The predicted molar refractivity (Wildman–Crippen MR) is 231 cm³/mol. The van der Waals surface area contributed by atoms with E-state index in [0.717, 1.165) is 72.3 Å². The molecular weight excluding hydrogens is 685 g/mol. The molecule has 5 heteroatoms. The number of nitrogens with zero attached hydrogens (tertiary/aromatic N) is 3. The van der Waals surface area contributed by atoms with E-state index in [9.17, 15) is 0 Å². The second kappa shape index (κ2) is 13.1. The Hall–Kier alpha value is -7.50. The maximum Gasteiger partial charge on any atom is 0.160 e. The Bertz CT molecular complexity index is 3160. The van der Waals surface area contributed by atoms with Gasteiger partial charge in [0.25, 0.3) is 0 Å². The van der Waals surface area contributed by atoms with Crippen LogP contribution in [-0.4, -0.2) is 16.2 Å². The quantitative estimate of drug-likeness (QED) is 0.186. The summed E-state index contributed by atoms with van der Waals surface area (Å²) in [4.78, 5) is 10.5. The highest BCUT2D eigenvalue weighted by Crippen LogP contribution is 2.42. The summed E-state index contributed by atoms with van der Waals surface area (Å²) in [6.07, 6.45) is -0.334. The van der Waals surface area contributed by atoms with Crippen molar-refractivity contribution in [2.24, 2.45) is 9.98 Å². The van der Waals surface area contributed by atoms with Gasteiger partial charge in [-0.05, 0) is 58.1 Å². The molecule has 56 heavy (non-hydrogen) atoms. The lowest BCUT2D eigenvalue weighted by atomic mass is 9.99. The summed E-state index contributed by atoms with van der Waals surface area (Å²) >= 11 is 0. The number of para-hydroxylation sites is 2. The summed E-state index contributed by atoms with van der Waals surface area (Å²) in [5.74, 6) is 1.42. The third-order valence-corrected chi connectivity index (χ3v) is 10.9. The van der Waals surface area contributed by atoms with E-state index in [0.29, 0.717) is 5.84 Å². The van der Waals surface area contributed by atoms with Crippen molar-refractivity contribution in [3.63, 3.8) is 0 Å². The van der Waals surface area contributed by atoms with Crippen molar-refractivity contribution in [2.45, 2.75) is 6.17 Å². The molecule has 1 N–H and O–H groups in total. The van der Waals surface area contributed by atoms with E-state index in [1.807, 2.05) is 24.3 Å². The number of hydrogen-bond acceptors (Lipinski definition) is 4. The van der Waals surface area contributed by atoms with Gasteiger partial charge in [-0.2, -0.15) is 0 Å². The minimum absolute atomic E-state index is 0.334. The molecule has 264 valence electrons. The van der Waals surface area contributed by atoms with E-state index < -0.39 is 0 Å². The summed E-state index contributed by atoms with van der Waals surface area (Å²) in [5.41, 5.74) is 12.5. The van der Waals surface area contributed by atoms with Gasteiger partial charge in [-0.3, -0.25) is 0 Å². The van der Waals surface area contributed by atoms with Crippen LogP contribution < -0.4 is 5.32 Å². The Balaban J connectivity index is 1.11. The Morgan fingerprint density at radius 3 is 1.95 bits per heavy atom. The average Bonchev–Trinajstić information content (AvgIpc) is 3.83. The highest BCUT2D eigenvalue weighted by atomic mass is 16.3. The minimum Gasteiger partial charge on any atom is -0.454 e. The molecule has 0 saturated heterocycles. The number of amidine groups is 2. The monoisotopic (exact) mass is 718 g/mol. The summed E-state index contributed by atoms with van der Waals surface area (Å²) in [7, 11) is 0. The SMILES string of the molecule is c1ccc(-c2cccc(C3=NC(c4cccc5oc6c(-n7c8ccccc8c8c(-c9ccccc9)cccc87)cccc6c45)=NC(c4ccccc4)N3)c2)cc1. The second-order valence-corrected chi connectivity index (χ2v) is 14.2. The molecule has 3 heterocycles. The van der Waals surface area contributed by atoms with Crippen molar-refractivity contribution in [2.75, 3.05) is 0 Å². The van der Waals surface area contributed by atoms with Gasteiger partial charge >= 0.3 is 0 Å². The van der Waals surface area contributed by atoms with Crippen molar-refractivity contribution in [3.05, 3.63) is 211 Å². The molecule has 1 unspecified atom stereocenters. The Morgan fingerprint density at radius 1 is 0.482 bits per heavy atom. The number of hydrogen-bond donors (Lipinski definition) is 1. The number of furan rings is 1. The van der Waals surface area contributed by atoms with Crippen LogP contribution in [0.2, 0.25) is 0 Å². The lowest BCUT2D eigenvalue weighted by Crippen LogP contribution is -2.33. The Kier molecular flexibility index (Phi) is 7.49. The summed E-state index contributed by atoms with van der Waals surface area (Å²) in [6.45, 7) is 0. The summed E-state index contributed by atoms with van der Waals surface area (Å²) < 4.78 is 9.25. The van der Waals surface area contributed by atoms with Gasteiger partial charge in [-0.25, -0.2) is 9.98 Å². The average molecular weight is 719 g/mol. The van der Waals surface area contributed by atoms with Crippen molar-refractivity contribution in [3.8, 4) is 27.9 Å². The van der Waals surface area contributed by atoms with E-state index in [2.05, 4.69) is 180 Å². The van der Waals surface area contributed by atoms with Gasteiger partial charge in [0.15, 0.2) is 11.4 Å². The molecule has 0 fully saturated rings. The first-order valence-corrected chi connectivity index (χ1v) is 18.9. The lowest BCUT2D eigenvalue weighted by molar-refractivity contribution is 0.666. The van der Waals surface area contributed by atoms with E-state index in [1.54, 1.807) is 0 Å². The molecule has 5 nitrogen and oxygen atoms in total. The first-order valence-electron chi connectivity index (χ1n) is 18.9. The van der Waals surface area contributed by atoms with Gasteiger partial charge in [0.2, 0.25) is 0 Å². The van der Waals surface area contributed by atoms with Crippen LogP contribution in [0.1, 0.15) is 22.9 Å². The third kappa shape index (κ3) is 5.24. The topological polar surface area (TPSA) is 54.8 Å². The van der Waals surface area contributed by atoms with Crippen LogP contribution in [-0.2, 0) is 0 Å². The molecular formula is C51H34N4O. The molecule has 0 spiro atoms. The first-order chi connectivity index (χ1) is 27.8. The van der Waals surface area contributed by atoms with Gasteiger partial charge in [-0.1, -0.05) is 164 Å². The summed E-state index contributed by atoms with van der Waals surface area (Å²) in [5, 5.41) is 8.08. The molecule has 2 aromatic heterocycles. The van der Waals surface area contributed by atoms with Crippen LogP contribution in [0.3, 0.4) is 0 Å². The maximum absolute atomic E-state index is 6.90. The van der Waals surface area contributed by atoms with Crippen LogP contribution in [0.25, 0.3) is 71.7 Å². The lowest BCUT2D eigenvalue weighted by Gasteiger charge is -2.24. The van der Waals surface area contributed by atoms with Crippen LogP contribution >= 0.6 is 0 Å². The van der Waals surface area contributed by atoms with Gasteiger partial charge in [-0.15, -0.1) is 0 Å². The van der Waals surface area contributed by atoms with E-state index in [-0.39, 0.29) is 6.17 Å². The Labute approximate surface area is 323 Å². The van der Waals surface area contributed by atoms with Gasteiger partial charge in [0, 0.05) is 32.7 Å². The van der Waals surface area contributed by atoms with Crippen molar-refractivity contribution in [1.29, 1.82) is 0 Å². The molecule has 10 aromatic rings. The standard InChI is InChI=1S/C51H34N4O/c1-4-16-33(17-5-1)36-22-12-23-37(32-36)50-52-49(35-20-8-3-9-21-35)53-51(54-50)41-27-15-31-45-47(41)40-26-14-30-44(48(40)56-45)55-42-28-11-10-24-39(42)46-38(25-13-29-43(46)55)34-18-6-2-7-19-34/h1-32,49H,(H,52,53,54). The number of nitrogens with one attached hydrogen (secondary N) is 1. The molecule has 8 aromatic carbocycles. The molecule has 1 atom stereocenters. The van der Waals surface area contributed by atoms with E-state index in [4.69, 9.17) is 14.4 Å². The smallest absolute Gasteiger partial charge is 0.160 e. The van der Waals surface area contributed by atoms with Gasteiger partial charge in [0.05, 0.1) is 16.7 Å². The van der Waals surface area contributed by atoms with E-state index in [1.165, 1.54) is 21.9 Å². The highest BCUT2D eigenvalue weighted by molar-refractivity contribution is 6.23. The second-order valence-electron chi connectivity index (χ2n) is 14.2. The predicted octanol–water partition coefficient (Wildman–Crippen LogP) is 12.5. The van der Waals surface area contributed by atoms with Crippen molar-refractivity contribution in [1.82, 2.24) is 9.88 Å². The molecule has 0 bridgehead atoms. The summed E-state index contributed by atoms with van der Waals surface area (Å²) in [6, 6.07) is 67.9. The molecule has 0 aliphatic carbocycles. The number of aromatic nitrogens is 1. The third-order valence-electron chi connectivity index (χ3n) is 10.9. The normalized spacial score (nSPS) is 14.2. The van der Waals surface area contributed by atoms with Gasteiger partial charge in [0.1, 0.15) is 17.6 Å². The number of rotatable bonds is 6. The van der Waals surface area contributed by atoms with Crippen LogP contribution in [0.4, 0.5) is 0 Å². The fourth-order valence-electron chi connectivity index (χ4n) is 8.33. The zero-order valence-electron chi connectivity index (χ0n) is 30.3. The molecule has 11 rings (SSSR count). The fraction of sp³-hybridized carbons (Fsp3) is 0.0196. The van der Waals surface area contributed by atoms with Crippen molar-refractivity contribution >= 4 is 55.4 Å². The van der Waals surface area contributed by atoms with Crippen molar-refractivity contribution < 1.29 is 4.42 Å². The molecule has 0 saturated carbocycles. The minimum atomic E-state index is -0.334. The molecule has 1 aliphatic rings. The molecule has 0 radical (unpaired) electrons. The zero-order chi connectivity index (χ0) is 37.0.